The van der Waals surface area contributed by atoms with E-state index in [0.717, 1.165) is 27.1 Å². The molecule has 174 valence electrons. The van der Waals surface area contributed by atoms with E-state index >= 15 is 4.39 Å². The van der Waals surface area contributed by atoms with E-state index in [-0.39, 0.29) is 17.5 Å². The van der Waals surface area contributed by atoms with Crippen LogP contribution >= 0.6 is 15.9 Å². The van der Waals surface area contributed by atoms with Crippen molar-refractivity contribution in [1.29, 1.82) is 0 Å². The Bertz CT molecular complexity index is 1310. The van der Waals surface area contributed by atoms with Gasteiger partial charge >= 0.3 is 0 Å². The number of benzene rings is 3. The molecule has 2 atom stereocenters. The Hall–Kier alpha value is -3.32. The number of hydrogen-bond donors (Lipinski definition) is 2. The molecule has 5 rings (SSSR count). The van der Waals surface area contributed by atoms with Crippen molar-refractivity contribution in [2.24, 2.45) is 0 Å². The summed E-state index contributed by atoms with van der Waals surface area (Å²) in [5.41, 5.74) is 4.47. The smallest absolute Gasteiger partial charge is 0.163 e. The average Bonchev–Trinajstić information content (AvgIpc) is 3.01. The van der Waals surface area contributed by atoms with Crippen LogP contribution in [-0.2, 0) is 4.79 Å². The summed E-state index contributed by atoms with van der Waals surface area (Å²) in [4.78, 5) is 13.6. The summed E-state index contributed by atoms with van der Waals surface area (Å²) in [6.45, 7) is 0. The molecule has 34 heavy (non-hydrogen) atoms. The summed E-state index contributed by atoms with van der Waals surface area (Å²) in [6.07, 6.45) is 0.929. The second-order valence-corrected chi connectivity index (χ2v) is 9.36. The van der Waals surface area contributed by atoms with Crippen molar-refractivity contribution < 1.29 is 18.7 Å². The van der Waals surface area contributed by atoms with E-state index in [0.29, 0.717) is 35.5 Å². The molecule has 3 aromatic rings. The van der Waals surface area contributed by atoms with Gasteiger partial charge < -0.3 is 20.1 Å². The highest BCUT2D eigenvalue weighted by Crippen LogP contribution is 2.45. The highest BCUT2D eigenvalue weighted by molar-refractivity contribution is 9.10. The molecular formula is C27H24BrFN2O3. The van der Waals surface area contributed by atoms with E-state index in [1.54, 1.807) is 26.4 Å². The van der Waals surface area contributed by atoms with Crippen LogP contribution in [0.1, 0.15) is 35.9 Å². The number of ether oxygens (including phenoxy) is 2. The van der Waals surface area contributed by atoms with Gasteiger partial charge in [-0.3, -0.25) is 4.79 Å². The standard InChI is InChI=1S/C27H24BrFN2O3/c1-33-24-10-7-15(13-25(24)34-2)16-11-22-26(23(32)12-16)27(18-14-17(28)8-9-19(18)29)31-21-6-4-3-5-20(21)30-22/h3-10,13-14,16,27,30-31H,11-12H2,1-2H3/t16-,27+/m0/s1. The normalized spacial score (nSPS) is 19.4. The van der Waals surface area contributed by atoms with Crippen molar-refractivity contribution in [3.63, 3.8) is 0 Å². The number of halogens is 2. The maximum atomic E-state index is 15.0. The third-order valence-electron chi connectivity index (χ3n) is 6.46. The first kappa shape index (κ1) is 22.5. The molecule has 7 heteroatoms. The van der Waals surface area contributed by atoms with Crippen LogP contribution < -0.4 is 20.1 Å². The van der Waals surface area contributed by atoms with Crippen LogP contribution in [0.15, 0.2) is 76.4 Å². The molecule has 2 aliphatic rings. The van der Waals surface area contributed by atoms with Gasteiger partial charge in [0.15, 0.2) is 17.3 Å². The summed E-state index contributed by atoms with van der Waals surface area (Å²) >= 11 is 3.45. The minimum Gasteiger partial charge on any atom is -0.493 e. The minimum absolute atomic E-state index is 0.0155. The zero-order valence-corrected chi connectivity index (χ0v) is 20.4. The predicted octanol–water partition coefficient (Wildman–Crippen LogP) is 6.58. The number of rotatable bonds is 4. The van der Waals surface area contributed by atoms with Crippen LogP contribution in [0, 0.1) is 5.82 Å². The molecule has 0 aromatic heterocycles. The van der Waals surface area contributed by atoms with Gasteiger partial charge in [-0.2, -0.15) is 0 Å². The van der Waals surface area contributed by atoms with Gasteiger partial charge in [0.1, 0.15) is 5.82 Å². The number of methoxy groups -OCH3 is 2. The number of para-hydroxylation sites is 2. The number of ketones is 1. The fraction of sp³-hybridized carbons (Fsp3) is 0.222. The molecule has 0 bridgehead atoms. The van der Waals surface area contributed by atoms with E-state index in [4.69, 9.17) is 9.47 Å². The number of hydrogen-bond acceptors (Lipinski definition) is 5. The second kappa shape index (κ2) is 9.14. The third kappa shape index (κ3) is 4.05. The fourth-order valence-electron chi connectivity index (χ4n) is 4.80. The number of Topliss-reactive ketones (excluding diaryl/α,β-unsaturated/α-hetero) is 1. The van der Waals surface area contributed by atoms with Gasteiger partial charge in [0.2, 0.25) is 0 Å². The Kier molecular flexibility index (Phi) is 6.04. The highest BCUT2D eigenvalue weighted by atomic mass is 79.9. The molecule has 0 saturated carbocycles. The van der Waals surface area contributed by atoms with E-state index in [1.807, 2.05) is 42.5 Å². The van der Waals surface area contributed by atoms with E-state index < -0.39 is 6.04 Å². The Labute approximate surface area is 206 Å². The number of anilines is 2. The molecule has 1 heterocycles. The largest absolute Gasteiger partial charge is 0.493 e. The van der Waals surface area contributed by atoms with Gasteiger partial charge in [-0.15, -0.1) is 0 Å². The Morgan fingerprint density at radius 1 is 0.941 bits per heavy atom. The van der Waals surface area contributed by atoms with Crippen LogP contribution in [0.5, 0.6) is 11.5 Å². The lowest BCUT2D eigenvalue weighted by molar-refractivity contribution is -0.116. The number of fused-ring (bicyclic) bond motifs is 1. The Balaban J connectivity index is 1.61. The molecule has 0 spiro atoms. The van der Waals surface area contributed by atoms with Gasteiger partial charge in [0.25, 0.3) is 0 Å². The molecule has 1 aliphatic heterocycles. The predicted molar refractivity (Wildman–Crippen MR) is 134 cm³/mol. The van der Waals surface area contributed by atoms with Gasteiger partial charge in [0.05, 0.1) is 31.6 Å². The summed E-state index contributed by atoms with van der Waals surface area (Å²) in [5.74, 6) is 0.850. The molecule has 5 nitrogen and oxygen atoms in total. The SMILES string of the molecule is COc1ccc([C@@H]2CC(=O)C3=C(C2)Nc2ccccc2N[C@@H]3c2cc(Br)ccc2F)cc1OC. The molecule has 3 aromatic carbocycles. The number of allylic oxidation sites excluding steroid dienone is 1. The van der Waals surface area contributed by atoms with E-state index in [2.05, 4.69) is 26.6 Å². The molecule has 1 aliphatic carbocycles. The van der Waals surface area contributed by atoms with Gasteiger partial charge in [0, 0.05) is 27.7 Å². The Morgan fingerprint density at radius 2 is 1.71 bits per heavy atom. The zero-order chi connectivity index (χ0) is 23.8. The highest BCUT2D eigenvalue weighted by Gasteiger charge is 2.37. The second-order valence-electron chi connectivity index (χ2n) is 8.45. The summed E-state index contributed by atoms with van der Waals surface area (Å²) in [7, 11) is 3.20. The first-order valence-corrected chi connectivity index (χ1v) is 11.8. The molecule has 0 saturated heterocycles. The van der Waals surface area contributed by atoms with Crippen LogP contribution in [0.2, 0.25) is 0 Å². The molecule has 0 unspecified atom stereocenters. The summed E-state index contributed by atoms with van der Waals surface area (Å²) in [6, 6.07) is 17.7. The monoisotopic (exact) mass is 522 g/mol. The number of carbonyl (C=O) groups is 1. The Morgan fingerprint density at radius 3 is 2.47 bits per heavy atom. The topological polar surface area (TPSA) is 59.6 Å². The van der Waals surface area contributed by atoms with Crippen molar-refractivity contribution >= 4 is 33.1 Å². The quantitative estimate of drug-likeness (QED) is 0.405. The lowest BCUT2D eigenvalue weighted by atomic mass is 9.78. The fourth-order valence-corrected chi connectivity index (χ4v) is 5.18. The first-order chi connectivity index (χ1) is 16.5. The van der Waals surface area contributed by atoms with Crippen LogP contribution in [0.25, 0.3) is 0 Å². The van der Waals surface area contributed by atoms with Crippen LogP contribution in [-0.4, -0.2) is 20.0 Å². The first-order valence-electron chi connectivity index (χ1n) is 11.0. The molecule has 2 N–H and O–H groups in total. The van der Waals surface area contributed by atoms with Crippen molar-refractivity contribution in [2.75, 3.05) is 24.9 Å². The van der Waals surface area contributed by atoms with Gasteiger partial charge in [-0.1, -0.05) is 34.1 Å². The van der Waals surface area contributed by atoms with E-state index in [9.17, 15) is 4.79 Å². The zero-order valence-electron chi connectivity index (χ0n) is 18.8. The lowest BCUT2D eigenvalue weighted by Crippen LogP contribution is -2.27. The minimum atomic E-state index is -0.609. The average molecular weight is 523 g/mol. The lowest BCUT2D eigenvalue weighted by Gasteiger charge is -2.30. The van der Waals surface area contributed by atoms with Crippen LogP contribution in [0.4, 0.5) is 15.8 Å². The summed E-state index contributed by atoms with van der Waals surface area (Å²) in [5, 5.41) is 6.91. The molecule has 0 amide bonds. The maximum Gasteiger partial charge on any atom is 0.163 e. The maximum absolute atomic E-state index is 15.0. The molecular weight excluding hydrogens is 499 g/mol. The van der Waals surface area contributed by atoms with Crippen molar-refractivity contribution in [3.05, 3.63) is 93.4 Å². The number of nitrogens with one attached hydrogen (secondary N) is 2. The summed E-state index contributed by atoms with van der Waals surface area (Å²) < 4.78 is 26.6. The van der Waals surface area contributed by atoms with Crippen molar-refractivity contribution in [2.45, 2.75) is 24.8 Å². The number of carbonyl (C=O) groups excluding carboxylic acids is 1. The van der Waals surface area contributed by atoms with E-state index in [1.165, 1.54) is 6.07 Å². The van der Waals surface area contributed by atoms with Crippen molar-refractivity contribution in [1.82, 2.24) is 0 Å². The third-order valence-corrected chi connectivity index (χ3v) is 6.95. The molecule has 0 radical (unpaired) electrons. The molecule has 0 fully saturated rings. The van der Waals surface area contributed by atoms with Crippen LogP contribution in [0.3, 0.4) is 0 Å². The van der Waals surface area contributed by atoms with Crippen molar-refractivity contribution in [3.8, 4) is 11.5 Å². The van der Waals surface area contributed by atoms with Gasteiger partial charge in [-0.25, -0.2) is 4.39 Å². The van der Waals surface area contributed by atoms with Gasteiger partial charge in [-0.05, 0) is 60.4 Å².